The highest BCUT2D eigenvalue weighted by Crippen LogP contribution is 2.14. The molecular formula is C8H10ClNO3. The van der Waals surface area contributed by atoms with E-state index in [1.807, 2.05) is 0 Å². The smallest absolute Gasteiger partial charge is 0.325 e. The largest absolute Gasteiger partial charge is 0.508 e. The van der Waals surface area contributed by atoms with Crippen LogP contribution in [0.15, 0.2) is 24.3 Å². The second-order valence-electron chi connectivity index (χ2n) is 2.41. The maximum Gasteiger partial charge on any atom is 0.325 e. The number of carbonyl (C=O) groups is 1. The summed E-state index contributed by atoms with van der Waals surface area (Å²) in [6, 6.07) is 4.74. The number of hydrogen-bond donors (Lipinski definition) is 3. The number of rotatable bonds is 2. The molecule has 0 heterocycles. The van der Waals surface area contributed by atoms with Crippen LogP contribution >= 0.6 is 12.4 Å². The van der Waals surface area contributed by atoms with E-state index in [0.29, 0.717) is 5.56 Å². The molecule has 0 aliphatic heterocycles. The molecular weight excluding hydrogens is 194 g/mol. The fourth-order valence-corrected chi connectivity index (χ4v) is 0.824. The molecule has 0 aliphatic carbocycles. The molecule has 0 aliphatic rings. The van der Waals surface area contributed by atoms with Gasteiger partial charge in [-0.15, -0.1) is 12.4 Å². The van der Waals surface area contributed by atoms with E-state index in [1.54, 1.807) is 0 Å². The molecule has 0 spiro atoms. The lowest BCUT2D eigenvalue weighted by molar-refractivity contribution is -0.138. The molecule has 0 amide bonds. The van der Waals surface area contributed by atoms with Crippen molar-refractivity contribution in [3.05, 3.63) is 29.8 Å². The van der Waals surface area contributed by atoms with Gasteiger partial charge in [-0.05, 0) is 17.7 Å². The first kappa shape index (κ1) is 11.7. The lowest BCUT2D eigenvalue weighted by atomic mass is 10.1. The summed E-state index contributed by atoms with van der Waals surface area (Å²) in [7, 11) is 0. The van der Waals surface area contributed by atoms with Crippen LogP contribution in [0.4, 0.5) is 0 Å². The van der Waals surface area contributed by atoms with Gasteiger partial charge in [0.25, 0.3) is 0 Å². The summed E-state index contributed by atoms with van der Waals surface area (Å²) >= 11 is 0. The second kappa shape index (κ2) is 4.69. The summed E-state index contributed by atoms with van der Waals surface area (Å²) in [6.45, 7) is 0. The fourth-order valence-electron chi connectivity index (χ4n) is 0.824. The van der Waals surface area contributed by atoms with Gasteiger partial charge in [-0.2, -0.15) is 0 Å². The highest BCUT2D eigenvalue weighted by molar-refractivity contribution is 5.85. The van der Waals surface area contributed by atoms with E-state index in [1.165, 1.54) is 24.3 Å². The number of phenolic OH excluding ortho intramolecular Hbond substituents is 1. The van der Waals surface area contributed by atoms with Crippen molar-refractivity contribution < 1.29 is 15.0 Å². The molecule has 4 N–H and O–H groups in total. The molecule has 13 heavy (non-hydrogen) atoms. The minimum Gasteiger partial charge on any atom is -0.508 e. The Morgan fingerprint density at radius 1 is 1.31 bits per heavy atom. The summed E-state index contributed by atoms with van der Waals surface area (Å²) in [4.78, 5) is 10.4. The van der Waals surface area contributed by atoms with Crippen LogP contribution in [0.5, 0.6) is 5.75 Å². The van der Waals surface area contributed by atoms with E-state index >= 15 is 0 Å². The third-order valence-electron chi connectivity index (χ3n) is 1.52. The SMILES string of the molecule is Cl.N[C@@H](C(=O)O)c1ccc(O)cc1. The first-order chi connectivity index (χ1) is 5.61. The van der Waals surface area contributed by atoms with Crippen molar-refractivity contribution in [2.24, 2.45) is 5.73 Å². The van der Waals surface area contributed by atoms with Crippen molar-refractivity contribution >= 4 is 18.4 Å². The quantitative estimate of drug-likeness (QED) is 0.667. The monoisotopic (exact) mass is 203 g/mol. The first-order valence-electron chi connectivity index (χ1n) is 3.38. The summed E-state index contributed by atoms with van der Waals surface area (Å²) in [6.07, 6.45) is 0. The van der Waals surface area contributed by atoms with Crippen molar-refractivity contribution in [1.82, 2.24) is 0 Å². The zero-order valence-electron chi connectivity index (χ0n) is 6.68. The molecule has 1 aromatic carbocycles. The van der Waals surface area contributed by atoms with Crippen molar-refractivity contribution in [2.75, 3.05) is 0 Å². The fraction of sp³-hybridized carbons (Fsp3) is 0.125. The maximum atomic E-state index is 10.4. The standard InChI is InChI=1S/C8H9NO3.ClH/c9-7(8(11)12)5-1-3-6(10)4-2-5;/h1-4,7,10H,9H2,(H,11,12);1H/t7-;/m1./s1. The number of carboxylic acid groups (broad SMARTS) is 1. The van der Waals surface area contributed by atoms with Crippen LogP contribution in [0.1, 0.15) is 11.6 Å². The van der Waals surface area contributed by atoms with Crippen LogP contribution < -0.4 is 5.73 Å². The van der Waals surface area contributed by atoms with E-state index < -0.39 is 12.0 Å². The van der Waals surface area contributed by atoms with E-state index in [-0.39, 0.29) is 18.2 Å². The number of benzene rings is 1. The predicted octanol–water partition coefficient (Wildman–Crippen LogP) is 0.898. The highest BCUT2D eigenvalue weighted by Gasteiger charge is 2.13. The Hall–Kier alpha value is -1.26. The topological polar surface area (TPSA) is 83.6 Å². The van der Waals surface area contributed by atoms with Gasteiger partial charge in [-0.3, -0.25) is 4.79 Å². The minimum atomic E-state index is -1.08. The number of carboxylic acids is 1. The summed E-state index contributed by atoms with van der Waals surface area (Å²) in [5, 5.41) is 17.4. The van der Waals surface area contributed by atoms with Crippen molar-refractivity contribution in [2.45, 2.75) is 6.04 Å². The minimum absolute atomic E-state index is 0. The van der Waals surface area contributed by atoms with Crippen molar-refractivity contribution in [3.8, 4) is 5.75 Å². The van der Waals surface area contributed by atoms with Gasteiger partial charge in [-0.1, -0.05) is 12.1 Å². The number of halogens is 1. The van der Waals surface area contributed by atoms with Crippen molar-refractivity contribution in [3.63, 3.8) is 0 Å². The Balaban J connectivity index is 0.00000144. The molecule has 4 nitrogen and oxygen atoms in total. The van der Waals surface area contributed by atoms with Crippen LogP contribution in [-0.4, -0.2) is 16.2 Å². The molecule has 1 aromatic rings. The summed E-state index contributed by atoms with van der Waals surface area (Å²) < 4.78 is 0. The van der Waals surface area contributed by atoms with Crippen LogP contribution in [0.25, 0.3) is 0 Å². The van der Waals surface area contributed by atoms with Crippen molar-refractivity contribution in [1.29, 1.82) is 0 Å². The third kappa shape index (κ3) is 2.93. The highest BCUT2D eigenvalue weighted by atomic mass is 35.5. The van der Waals surface area contributed by atoms with E-state index in [2.05, 4.69) is 0 Å². The molecule has 0 bridgehead atoms. The molecule has 1 rings (SSSR count). The molecule has 0 radical (unpaired) electrons. The van der Waals surface area contributed by atoms with E-state index in [9.17, 15) is 4.79 Å². The van der Waals surface area contributed by atoms with Gasteiger partial charge < -0.3 is 15.9 Å². The second-order valence-corrected chi connectivity index (χ2v) is 2.41. The van der Waals surface area contributed by atoms with E-state index in [4.69, 9.17) is 15.9 Å². The lowest BCUT2D eigenvalue weighted by Crippen LogP contribution is -2.20. The van der Waals surface area contributed by atoms with Gasteiger partial charge in [0.05, 0.1) is 0 Å². The lowest BCUT2D eigenvalue weighted by Gasteiger charge is -2.05. The molecule has 1 atom stereocenters. The van der Waals surface area contributed by atoms with Crippen LogP contribution in [-0.2, 0) is 4.79 Å². The zero-order valence-corrected chi connectivity index (χ0v) is 7.49. The van der Waals surface area contributed by atoms with Gasteiger partial charge in [0.15, 0.2) is 0 Å². The normalized spacial score (nSPS) is 11.5. The zero-order chi connectivity index (χ0) is 9.14. The first-order valence-corrected chi connectivity index (χ1v) is 3.38. The summed E-state index contributed by atoms with van der Waals surface area (Å²) in [5.41, 5.74) is 5.78. The van der Waals surface area contributed by atoms with Crippen LogP contribution in [0.2, 0.25) is 0 Å². The number of hydrogen-bond acceptors (Lipinski definition) is 3. The number of nitrogens with two attached hydrogens (primary N) is 1. The summed E-state index contributed by atoms with van der Waals surface area (Å²) in [5.74, 6) is -0.989. The van der Waals surface area contributed by atoms with E-state index in [0.717, 1.165) is 0 Å². The van der Waals surface area contributed by atoms with Gasteiger partial charge in [-0.25, -0.2) is 0 Å². The average Bonchev–Trinajstić information content (AvgIpc) is 2.04. The number of phenols is 1. The molecule has 0 unspecified atom stereocenters. The Labute approximate surface area is 81.4 Å². The van der Waals surface area contributed by atoms with Gasteiger partial charge in [0, 0.05) is 0 Å². The Bertz CT molecular complexity index is 286. The third-order valence-corrected chi connectivity index (χ3v) is 1.52. The predicted molar refractivity (Wildman–Crippen MR) is 49.9 cm³/mol. The Kier molecular flexibility index (Phi) is 4.23. The average molecular weight is 204 g/mol. The maximum absolute atomic E-state index is 10.4. The molecule has 72 valence electrons. The molecule has 0 aromatic heterocycles. The van der Waals surface area contributed by atoms with Gasteiger partial charge in [0.2, 0.25) is 0 Å². The molecule has 5 heteroatoms. The number of aliphatic carboxylic acids is 1. The molecule has 0 fully saturated rings. The molecule has 0 saturated carbocycles. The van der Waals surface area contributed by atoms with Crippen LogP contribution in [0, 0.1) is 0 Å². The van der Waals surface area contributed by atoms with Gasteiger partial charge in [0.1, 0.15) is 11.8 Å². The Morgan fingerprint density at radius 3 is 2.15 bits per heavy atom. The van der Waals surface area contributed by atoms with Gasteiger partial charge >= 0.3 is 5.97 Å². The molecule has 0 saturated heterocycles. The number of aromatic hydroxyl groups is 1. The van der Waals surface area contributed by atoms with Crippen LogP contribution in [0.3, 0.4) is 0 Å². The Morgan fingerprint density at radius 2 is 1.77 bits per heavy atom.